The summed E-state index contributed by atoms with van der Waals surface area (Å²) in [5.74, 6) is 2.14. The van der Waals surface area contributed by atoms with Crippen molar-refractivity contribution >= 4 is 17.4 Å². The van der Waals surface area contributed by atoms with Gasteiger partial charge in [-0.1, -0.05) is 0 Å². The first-order chi connectivity index (χ1) is 9.55. The Balaban J connectivity index is 1.93. The molecule has 3 rings (SSSR count). The smallest absolute Gasteiger partial charge is 0.385 e. The van der Waals surface area contributed by atoms with Gasteiger partial charge in [0.15, 0.2) is 0 Å². The SMILES string of the molecule is FC(F)(F)c1ccc2c(c1)[C@H](N1CCSCC1)CCN2. The highest BCUT2D eigenvalue weighted by Crippen LogP contribution is 2.39. The van der Waals surface area contributed by atoms with E-state index in [0.717, 1.165) is 48.8 Å². The molecule has 1 saturated heterocycles. The predicted molar refractivity (Wildman–Crippen MR) is 76.2 cm³/mol. The van der Waals surface area contributed by atoms with Crippen LogP contribution < -0.4 is 5.32 Å². The Morgan fingerprint density at radius 3 is 2.65 bits per heavy atom. The van der Waals surface area contributed by atoms with Crippen LogP contribution in [0.25, 0.3) is 0 Å². The standard InChI is InChI=1S/C14H17F3N2S/c15-14(16,17)10-1-2-12-11(9-10)13(3-4-18-12)19-5-7-20-8-6-19/h1-2,9,13,18H,3-8H2/t13-/m1/s1. The number of nitrogens with zero attached hydrogens (tertiary/aromatic N) is 1. The zero-order chi connectivity index (χ0) is 14.2. The molecular weight excluding hydrogens is 285 g/mol. The van der Waals surface area contributed by atoms with Gasteiger partial charge in [-0.2, -0.15) is 24.9 Å². The number of alkyl halides is 3. The van der Waals surface area contributed by atoms with Gasteiger partial charge in [-0.3, -0.25) is 4.90 Å². The van der Waals surface area contributed by atoms with Gasteiger partial charge < -0.3 is 5.32 Å². The fourth-order valence-electron chi connectivity index (χ4n) is 2.94. The van der Waals surface area contributed by atoms with Crippen molar-refractivity contribution in [3.8, 4) is 0 Å². The Labute approximate surface area is 120 Å². The monoisotopic (exact) mass is 302 g/mol. The zero-order valence-corrected chi connectivity index (χ0v) is 11.9. The molecule has 2 aliphatic rings. The number of benzene rings is 1. The van der Waals surface area contributed by atoms with Crippen LogP contribution in [-0.2, 0) is 6.18 Å². The summed E-state index contributed by atoms with van der Waals surface area (Å²) in [5.41, 5.74) is 1.11. The molecule has 0 radical (unpaired) electrons. The molecule has 20 heavy (non-hydrogen) atoms. The Morgan fingerprint density at radius 1 is 1.20 bits per heavy atom. The normalized spacial score (nSPS) is 24.1. The van der Waals surface area contributed by atoms with Crippen LogP contribution in [0, 0.1) is 0 Å². The number of hydrogen-bond acceptors (Lipinski definition) is 3. The maximum atomic E-state index is 12.9. The highest BCUT2D eigenvalue weighted by molar-refractivity contribution is 7.99. The molecule has 0 bridgehead atoms. The molecule has 110 valence electrons. The van der Waals surface area contributed by atoms with Gasteiger partial charge in [0.1, 0.15) is 0 Å². The minimum Gasteiger partial charge on any atom is -0.385 e. The zero-order valence-electron chi connectivity index (χ0n) is 11.0. The summed E-state index contributed by atoms with van der Waals surface area (Å²) in [4.78, 5) is 2.33. The van der Waals surface area contributed by atoms with E-state index in [9.17, 15) is 13.2 Å². The third kappa shape index (κ3) is 2.76. The van der Waals surface area contributed by atoms with Crippen LogP contribution in [0.3, 0.4) is 0 Å². The number of fused-ring (bicyclic) bond motifs is 1. The van der Waals surface area contributed by atoms with Gasteiger partial charge in [0, 0.05) is 42.9 Å². The molecule has 1 fully saturated rings. The molecule has 1 N–H and O–H groups in total. The molecule has 6 heteroatoms. The summed E-state index contributed by atoms with van der Waals surface area (Å²) in [6.07, 6.45) is -3.40. The summed E-state index contributed by atoms with van der Waals surface area (Å²) >= 11 is 1.91. The van der Waals surface area contributed by atoms with Crippen molar-refractivity contribution < 1.29 is 13.2 Å². The van der Waals surface area contributed by atoms with Gasteiger partial charge in [-0.25, -0.2) is 0 Å². The van der Waals surface area contributed by atoms with E-state index in [-0.39, 0.29) is 6.04 Å². The molecule has 2 aliphatic heterocycles. The second-order valence-corrected chi connectivity index (χ2v) is 6.40. The van der Waals surface area contributed by atoms with Crippen molar-refractivity contribution in [3.05, 3.63) is 29.3 Å². The van der Waals surface area contributed by atoms with Crippen LogP contribution in [0.1, 0.15) is 23.6 Å². The maximum Gasteiger partial charge on any atom is 0.416 e. The van der Waals surface area contributed by atoms with Gasteiger partial charge in [0.25, 0.3) is 0 Å². The molecule has 0 unspecified atom stereocenters. The first-order valence-electron chi connectivity index (χ1n) is 6.82. The number of nitrogens with one attached hydrogen (secondary N) is 1. The van der Waals surface area contributed by atoms with Crippen molar-refractivity contribution in [1.29, 1.82) is 0 Å². The van der Waals surface area contributed by atoms with Crippen molar-refractivity contribution in [3.63, 3.8) is 0 Å². The lowest BCUT2D eigenvalue weighted by molar-refractivity contribution is -0.137. The molecular formula is C14H17F3N2S. The van der Waals surface area contributed by atoms with Crippen LogP contribution in [-0.4, -0.2) is 36.0 Å². The van der Waals surface area contributed by atoms with E-state index in [1.165, 1.54) is 12.1 Å². The molecule has 0 aliphatic carbocycles. The summed E-state index contributed by atoms with van der Waals surface area (Å²) < 4.78 is 38.7. The van der Waals surface area contributed by atoms with E-state index in [1.807, 2.05) is 11.8 Å². The van der Waals surface area contributed by atoms with Crippen LogP contribution >= 0.6 is 11.8 Å². The second-order valence-electron chi connectivity index (χ2n) is 5.18. The van der Waals surface area contributed by atoms with E-state index < -0.39 is 11.7 Å². The predicted octanol–water partition coefficient (Wildman–Crippen LogP) is 3.61. The Bertz CT molecular complexity index is 484. The number of halogens is 3. The second kappa shape index (κ2) is 5.48. The maximum absolute atomic E-state index is 12.9. The van der Waals surface area contributed by atoms with Gasteiger partial charge in [0.2, 0.25) is 0 Å². The molecule has 0 amide bonds. The quantitative estimate of drug-likeness (QED) is 0.853. The van der Waals surface area contributed by atoms with Gasteiger partial charge in [0.05, 0.1) is 5.56 Å². The van der Waals surface area contributed by atoms with Crippen molar-refractivity contribution in [1.82, 2.24) is 4.90 Å². The molecule has 0 spiro atoms. The van der Waals surface area contributed by atoms with Crippen LogP contribution in [0.15, 0.2) is 18.2 Å². The highest BCUT2D eigenvalue weighted by atomic mass is 32.2. The average molecular weight is 302 g/mol. The topological polar surface area (TPSA) is 15.3 Å². The number of hydrogen-bond donors (Lipinski definition) is 1. The average Bonchev–Trinajstić information content (AvgIpc) is 2.46. The fourth-order valence-corrected chi connectivity index (χ4v) is 3.87. The lowest BCUT2D eigenvalue weighted by Gasteiger charge is -2.38. The number of rotatable bonds is 1. The Hall–Kier alpha value is -0.880. The molecule has 2 nitrogen and oxygen atoms in total. The highest BCUT2D eigenvalue weighted by Gasteiger charge is 2.34. The first kappa shape index (κ1) is 14.1. The van der Waals surface area contributed by atoms with Crippen LogP contribution in [0.4, 0.5) is 18.9 Å². The first-order valence-corrected chi connectivity index (χ1v) is 7.98. The minimum atomic E-state index is -4.27. The minimum absolute atomic E-state index is 0.120. The lowest BCUT2D eigenvalue weighted by atomic mass is 9.94. The third-order valence-electron chi connectivity index (χ3n) is 3.96. The van der Waals surface area contributed by atoms with E-state index in [2.05, 4.69) is 10.2 Å². The van der Waals surface area contributed by atoms with Crippen molar-refractivity contribution in [2.75, 3.05) is 36.5 Å². The van der Waals surface area contributed by atoms with E-state index in [0.29, 0.717) is 0 Å². The van der Waals surface area contributed by atoms with Gasteiger partial charge in [-0.05, 0) is 30.2 Å². The molecule has 0 aromatic heterocycles. The third-order valence-corrected chi connectivity index (χ3v) is 4.90. The van der Waals surface area contributed by atoms with Crippen molar-refractivity contribution in [2.24, 2.45) is 0 Å². The molecule has 1 aromatic rings. The van der Waals surface area contributed by atoms with Gasteiger partial charge >= 0.3 is 6.18 Å². The molecule has 1 atom stereocenters. The number of anilines is 1. The Kier molecular flexibility index (Phi) is 3.86. The molecule has 2 heterocycles. The van der Waals surface area contributed by atoms with Crippen molar-refractivity contribution in [2.45, 2.75) is 18.6 Å². The fraction of sp³-hybridized carbons (Fsp3) is 0.571. The molecule has 1 aromatic carbocycles. The lowest BCUT2D eigenvalue weighted by Crippen LogP contribution is -2.38. The van der Waals surface area contributed by atoms with E-state index in [1.54, 1.807) is 6.07 Å². The number of thioether (sulfide) groups is 1. The van der Waals surface area contributed by atoms with E-state index >= 15 is 0 Å². The largest absolute Gasteiger partial charge is 0.416 e. The Morgan fingerprint density at radius 2 is 1.95 bits per heavy atom. The summed E-state index contributed by atoms with van der Waals surface area (Å²) in [6, 6.07) is 4.19. The van der Waals surface area contributed by atoms with Crippen LogP contribution in [0.5, 0.6) is 0 Å². The van der Waals surface area contributed by atoms with Gasteiger partial charge in [-0.15, -0.1) is 0 Å². The van der Waals surface area contributed by atoms with Crippen LogP contribution in [0.2, 0.25) is 0 Å². The summed E-state index contributed by atoms with van der Waals surface area (Å²) in [6.45, 7) is 2.75. The van der Waals surface area contributed by atoms with E-state index in [4.69, 9.17) is 0 Å². The molecule has 0 saturated carbocycles. The summed E-state index contributed by atoms with van der Waals surface area (Å²) in [5, 5.41) is 3.21. The summed E-state index contributed by atoms with van der Waals surface area (Å²) in [7, 11) is 0.